The van der Waals surface area contributed by atoms with E-state index >= 15 is 0 Å². The van der Waals surface area contributed by atoms with Crippen molar-refractivity contribution < 1.29 is 4.74 Å². The minimum absolute atomic E-state index is 0.466. The van der Waals surface area contributed by atoms with Gasteiger partial charge in [0.15, 0.2) is 0 Å². The second-order valence-corrected chi connectivity index (χ2v) is 8.22. The second-order valence-electron chi connectivity index (χ2n) is 5.93. The van der Waals surface area contributed by atoms with E-state index in [9.17, 15) is 5.26 Å². The van der Waals surface area contributed by atoms with Crippen molar-refractivity contribution in [2.45, 2.75) is 12.3 Å². The number of nitrogens with zero attached hydrogens (tertiary/aromatic N) is 1. The lowest BCUT2D eigenvalue weighted by molar-refractivity contribution is 0.415. The summed E-state index contributed by atoms with van der Waals surface area (Å²) < 4.78 is 6.24. The summed E-state index contributed by atoms with van der Waals surface area (Å²) in [4.78, 5) is 1.13. The number of hydrogen-bond acceptors (Lipinski definition) is 4. The van der Waals surface area contributed by atoms with Crippen LogP contribution in [0, 0.1) is 11.3 Å². The highest BCUT2D eigenvalue weighted by Gasteiger charge is 2.43. The fraction of sp³-hybridized carbons (Fsp3) is 0.136. The molecule has 0 amide bonds. The first-order chi connectivity index (χ1) is 12.6. The predicted molar refractivity (Wildman–Crippen MR) is 113 cm³/mol. The molecule has 2 aromatic carbocycles. The van der Waals surface area contributed by atoms with Crippen molar-refractivity contribution >= 4 is 29.6 Å². The smallest absolute Gasteiger partial charge is 0.118 e. The van der Waals surface area contributed by atoms with Crippen LogP contribution in [0.2, 0.25) is 0 Å². The lowest BCUT2D eigenvalue weighted by Gasteiger charge is -2.27. The Kier molecular flexibility index (Phi) is 5.61. The van der Waals surface area contributed by atoms with Crippen LogP contribution in [0.25, 0.3) is 6.08 Å². The molecule has 1 heterocycles. The molecular formula is C22H19NOS2. The first-order valence-electron chi connectivity index (χ1n) is 8.15. The van der Waals surface area contributed by atoms with E-state index in [1.54, 1.807) is 24.3 Å². The molecule has 1 aliphatic rings. The SMILES string of the molecule is C=CSC1=C(C#N)C(C)(c2ccccc2)/C(=C/c2ccc(OC)cc2)S1. The van der Waals surface area contributed by atoms with Crippen molar-refractivity contribution in [2.75, 3.05) is 7.11 Å². The Morgan fingerprint density at radius 1 is 1.15 bits per heavy atom. The summed E-state index contributed by atoms with van der Waals surface area (Å²) in [6.45, 7) is 5.94. The molecule has 0 aliphatic carbocycles. The van der Waals surface area contributed by atoms with Crippen molar-refractivity contribution in [1.29, 1.82) is 5.26 Å². The normalized spacial score (nSPS) is 20.9. The van der Waals surface area contributed by atoms with Gasteiger partial charge in [-0.15, -0.1) is 0 Å². The van der Waals surface area contributed by atoms with Gasteiger partial charge in [0.05, 0.1) is 28.4 Å². The molecule has 0 aromatic heterocycles. The van der Waals surface area contributed by atoms with E-state index in [1.165, 1.54) is 11.8 Å². The molecule has 3 rings (SSSR count). The highest BCUT2D eigenvalue weighted by molar-refractivity contribution is 8.25. The first kappa shape index (κ1) is 18.4. The van der Waals surface area contributed by atoms with E-state index in [1.807, 2.05) is 42.5 Å². The van der Waals surface area contributed by atoms with E-state index in [4.69, 9.17) is 4.74 Å². The number of thioether (sulfide) groups is 2. The number of benzene rings is 2. The average molecular weight is 378 g/mol. The van der Waals surface area contributed by atoms with Gasteiger partial charge in [0.1, 0.15) is 5.75 Å². The van der Waals surface area contributed by atoms with E-state index < -0.39 is 5.41 Å². The topological polar surface area (TPSA) is 33.0 Å². The van der Waals surface area contributed by atoms with Crippen molar-refractivity contribution in [3.8, 4) is 11.8 Å². The highest BCUT2D eigenvalue weighted by atomic mass is 32.2. The van der Waals surface area contributed by atoms with Gasteiger partial charge in [0, 0.05) is 4.91 Å². The van der Waals surface area contributed by atoms with Crippen molar-refractivity contribution in [3.05, 3.63) is 92.4 Å². The van der Waals surface area contributed by atoms with Crippen LogP contribution >= 0.6 is 23.5 Å². The monoisotopic (exact) mass is 377 g/mol. The number of ether oxygens (including phenoxy) is 1. The molecule has 0 saturated heterocycles. The third-order valence-corrected chi connectivity index (χ3v) is 6.73. The van der Waals surface area contributed by atoms with Crippen LogP contribution in [0.3, 0.4) is 0 Å². The lowest BCUT2D eigenvalue weighted by atomic mass is 9.76. The molecule has 26 heavy (non-hydrogen) atoms. The summed E-state index contributed by atoms with van der Waals surface area (Å²) in [5, 5.41) is 11.7. The Morgan fingerprint density at radius 2 is 1.85 bits per heavy atom. The van der Waals surface area contributed by atoms with Gasteiger partial charge in [-0.05, 0) is 41.7 Å². The maximum Gasteiger partial charge on any atom is 0.118 e. The van der Waals surface area contributed by atoms with Crippen molar-refractivity contribution in [2.24, 2.45) is 0 Å². The van der Waals surface area contributed by atoms with Crippen LogP contribution in [-0.2, 0) is 5.41 Å². The number of nitriles is 1. The molecule has 0 N–H and O–H groups in total. The van der Waals surface area contributed by atoms with E-state index in [2.05, 4.69) is 37.8 Å². The maximum absolute atomic E-state index is 9.90. The van der Waals surface area contributed by atoms with Crippen LogP contribution in [0.1, 0.15) is 18.1 Å². The Labute approximate surface area is 163 Å². The molecule has 2 aromatic rings. The van der Waals surface area contributed by atoms with Gasteiger partial charge in [0.2, 0.25) is 0 Å². The lowest BCUT2D eigenvalue weighted by Crippen LogP contribution is -2.22. The molecule has 1 unspecified atom stereocenters. The maximum atomic E-state index is 9.90. The summed E-state index contributed by atoms with van der Waals surface area (Å²) in [7, 11) is 1.66. The predicted octanol–water partition coefficient (Wildman–Crippen LogP) is 6.35. The Bertz CT molecular complexity index is 907. The molecule has 0 saturated carbocycles. The van der Waals surface area contributed by atoms with Gasteiger partial charge in [-0.1, -0.05) is 72.6 Å². The van der Waals surface area contributed by atoms with Crippen LogP contribution in [0.4, 0.5) is 0 Å². The standard InChI is InChI=1S/C22H19NOS2/c1-4-25-21-19(15-23)22(2,17-8-6-5-7-9-17)20(26-21)14-16-10-12-18(24-3)13-11-16/h4-14H,1H2,2-3H3/b20-14-. The largest absolute Gasteiger partial charge is 0.497 e. The van der Waals surface area contributed by atoms with Crippen molar-refractivity contribution in [1.82, 2.24) is 0 Å². The number of hydrogen-bond donors (Lipinski definition) is 0. The fourth-order valence-electron chi connectivity index (χ4n) is 2.98. The van der Waals surface area contributed by atoms with Crippen molar-refractivity contribution in [3.63, 3.8) is 0 Å². The number of methoxy groups -OCH3 is 1. The minimum atomic E-state index is -0.466. The minimum Gasteiger partial charge on any atom is -0.497 e. The van der Waals surface area contributed by atoms with E-state index in [-0.39, 0.29) is 0 Å². The summed E-state index contributed by atoms with van der Waals surface area (Å²) in [5.74, 6) is 0.829. The zero-order valence-electron chi connectivity index (χ0n) is 14.7. The van der Waals surface area contributed by atoms with Gasteiger partial charge >= 0.3 is 0 Å². The quantitative estimate of drug-likeness (QED) is 0.607. The molecule has 0 spiro atoms. The molecule has 1 atom stereocenters. The van der Waals surface area contributed by atoms with Crippen LogP contribution < -0.4 is 4.74 Å². The fourth-order valence-corrected chi connectivity index (χ4v) is 5.34. The Balaban J connectivity index is 2.13. The molecule has 1 aliphatic heterocycles. The third kappa shape index (κ3) is 3.33. The van der Waals surface area contributed by atoms with Gasteiger partial charge < -0.3 is 4.74 Å². The first-order valence-corrected chi connectivity index (χ1v) is 9.85. The molecule has 0 bridgehead atoms. The highest BCUT2D eigenvalue weighted by Crippen LogP contribution is 2.58. The molecule has 2 nitrogen and oxygen atoms in total. The summed E-state index contributed by atoms with van der Waals surface area (Å²) >= 11 is 3.17. The van der Waals surface area contributed by atoms with E-state index in [0.29, 0.717) is 0 Å². The third-order valence-electron chi connectivity index (χ3n) is 4.47. The van der Waals surface area contributed by atoms with Crippen LogP contribution in [0.15, 0.2) is 81.3 Å². The summed E-state index contributed by atoms with van der Waals surface area (Å²) in [6, 6.07) is 20.6. The second kappa shape index (κ2) is 7.90. The zero-order valence-corrected chi connectivity index (χ0v) is 16.4. The van der Waals surface area contributed by atoms with Crippen LogP contribution in [0.5, 0.6) is 5.75 Å². The number of rotatable bonds is 5. The average Bonchev–Trinajstić information content (AvgIpc) is 2.95. The van der Waals surface area contributed by atoms with Gasteiger partial charge in [-0.3, -0.25) is 0 Å². The van der Waals surface area contributed by atoms with E-state index in [0.717, 1.165) is 31.6 Å². The Morgan fingerprint density at radius 3 is 2.42 bits per heavy atom. The summed E-state index contributed by atoms with van der Waals surface area (Å²) in [6.07, 6.45) is 2.16. The van der Waals surface area contributed by atoms with Gasteiger partial charge in [-0.25, -0.2) is 0 Å². The van der Waals surface area contributed by atoms with Gasteiger partial charge in [-0.2, -0.15) is 5.26 Å². The van der Waals surface area contributed by atoms with Gasteiger partial charge in [0.25, 0.3) is 0 Å². The zero-order chi connectivity index (χ0) is 18.6. The Hall–Kier alpha value is -2.35. The molecule has 4 heteroatoms. The number of allylic oxidation sites excluding steroid dienone is 2. The molecule has 130 valence electrons. The molecular weight excluding hydrogens is 358 g/mol. The van der Waals surface area contributed by atoms with Crippen LogP contribution in [-0.4, -0.2) is 7.11 Å². The molecule has 0 fully saturated rings. The summed E-state index contributed by atoms with van der Waals surface area (Å²) in [5.41, 5.74) is 2.51. The molecule has 0 radical (unpaired) electrons.